The van der Waals surface area contributed by atoms with Gasteiger partial charge in [-0.2, -0.15) is 0 Å². The van der Waals surface area contributed by atoms with Crippen LogP contribution in [-0.2, 0) is 16.1 Å². The van der Waals surface area contributed by atoms with Crippen molar-refractivity contribution >= 4 is 29.4 Å². The highest BCUT2D eigenvalue weighted by atomic mass is 32.2. The fourth-order valence-electron chi connectivity index (χ4n) is 2.37. The van der Waals surface area contributed by atoms with Crippen molar-refractivity contribution in [3.05, 3.63) is 59.7 Å². The summed E-state index contributed by atoms with van der Waals surface area (Å²) < 4.78 is 5.22. The van der Waals surface area contributed by atoms with E-state index >= 15 is 0 Å². The summed E-state index contributed by atoms with van der Waals surface area (Å²) in [5.74, 6) is -0.126. The van der Waals surface area contributed by atoms with Crippen molar-refractivity contribution in [2.24, 2.45) is 0 Å². The second kappa shape index (κ2) is 7.40. The maximum Gasteiger partial charge on any atom is 0.408 e. The van der Waals surface area contributed by atoms with Crippen molar-refractivity contribution in [3.63, 3.8) is 0 Å². The van der Waals surface area contributed by atoms with E-state index in [1.165, 1.54) is 11.8 Å². The maximum absolute atomic E-state index is 12.0. The van der Waals surface area contributed by atoms with Crippen molar-refractivity contribution in [1.29, 1.82) is 0 Å². The van der Waals surface area contributed by atoms with E-state index in [2.05, 4.69) is 10.6 Å². The number of amides is 2. The van der Waals surface area contributed by atoms with Crippen LogP contribution in [0.2, 0.25) is 0 Å². The second-order valence-electron chi connectivity index (χ2n) is 5.56. The third kappa shape index (κ3) is 4.29. The second-order valence-corrected chi connectivity index (χ2v) is 6.81. The number of ether oxygens (including phenoxy) is 1. The summed E-state index contributed by atoms with van der Waals surface area (Å²) in [6, 6.07) is 15.3. The van der Waals surface area contributed by atoms with Crippen LogP contribution in [0.3, 0.4) is 0 Å². The Balaban J connectivity index is 1.61. The highest BCUT2D eigenvalue weighted by Crippen LogP contribution is 2.34. The zero-order valence-corrected chi connectivity index (χ0v) is 14.1. The molecule has 0 aromatic heterocycles. The number of carbonyl (C=O) groups is 2. The van der Waals surface area contributed by atoms with Crippen molar-refractivity contribution in [2.45, 2.75) is 30.2 Å². The molecule has 1 aliphatic rings. The predicted octanol–water partition coefficient (Wildman–Crippen LogP) is 3.68. The minimum Gasteiger partial charge on any atom is -0.445 e. The number of hydrogen-bond acceptors (Lipinski definition) is 4. The number of anilines is 1. The fraction of sp³-hybridized carbons (Fsp3) is 0.222. The normalized spacial score (nSPS) is 16.5. The SMILES string of the molecule is Cc1ccc2c(c1)S[C@H](NC(=O)OCc1ccccc1)CC(=O)N2. The molecule has 2 aromatic carbocycles. The van der Waals surface area contributed by atoms with Gasteiger partial charge in [-0.25, -0.2) is 4.79 Å². The van der Waals surface area contributed by atoms with Gasteiger partial charge in [0.25, 0.3) is 0 Å². The van der Waals surface area contributed by atoms with Crippen LogP contribution < -0.4 is 10.6 Å². The van der Waals surface area contributed by atoms with Crippen molar-refractivity contribution < 1.29 is 14.3 Å². The Morgan fingerprint density at radius 3 is 2.88 bits per heavy atom. The Labute approximate surface area is 144 Å². The van der Waals surface area contributed by atoms with E-state index in [0.29, 0.717) is 0 Å². The number of carbonyl (C=O) groups excluding carboxylic acids is 2. The van der Waals surface area contributed by atoms with Crippen LogP contribution in [0.25, 0.3) is 0 Å². The molecular weight excluding hydrogens is 324 g/mol. The van der Waals surface area contributed by atoms with Crippen LogP contribution in [0.1, 0.15) is 17.5 Å². The standard InChI is InChI=1S/C18H18N2O3S/c1-12-7-8-14-15(9-12)24-17(10-16(21)19-14)20-18(22)23-11-13-5-3-2-4-6-13/h2-9,17H,10-11H2,1H3,(H,19,21)(H,20,22)/t17-/m0/s1. The molecule has 0 radical (unpaired) electrons. The Kier molecular flexibility index (Phi) is 5.05. The third-order valence-electron chi connectivity index (χ3n) is 3.54. The molecule has 24 heavy (non-hydrogen) atoms. The van der Waals surface area contributed by atoms with Gasteiger partial charge < -0.3 is 15.4 Å². The summed E-state index contributed by atoms with van der Waals surface area (Å²) in [7, 11) is 0. The average molecular weight is 342 g/mol. The first-order valence-corrected chi connectivity index (χ1v) is 8.52. The molecule has 0 saturated heterocycles. The van der Waals surface area contributed by atoms with Gasteiger partial charge in [0.1, 0.15) is 6.61 Å². The number of nitrogens with one attached hydrogen (secondary N) is 2. The van der Waals surface area contributed by atoms with Gasteiger partial charge in [-0.1, -0.05) is 48.2 Å². The minimum absolute atomic E-state index is 0.126. The summed E-state index contributed by atoms with van der Waals surface area (Å²) in [5, 5.41) is 5.26. The molecule has 0 fully saturated rings. The molecule has 1 heterocycles. The van der Waals surface area contributed by atoms with Gasteiger partial charge in [-0.05, 0) is 30.2 Å². The van der Waals surface area contributed by atoms with Crippen LogP contribution in [0.4, 0.5) is 10.5 Å². The van der Waals surface area contributed by atoms with E-state index in [9.17, 15) is 9.59 Å². The summed E-state index contributed by atoms with van der Waals surface area (Å²) in [4.78, 5) is 24.9. The zero-order valence-electron chi connectivity index (χ0n) is 13.2. The monoisotopic (exact) mass is 342 g/mol. The van der Waals surface area contributed by atoms with E-state index in [-0.39, 0.29) is 24.3 Å². The first-order chi connectivity index (χ1) is 11.6. The van der Waals surface area contributed by atoms with Crippen molar-refractivity contribution in [1.82, 2.24) is 5.32 Å². The summed E-state index contributed by atoms with van der Waals surface area (Å²) >= 11 is 1.45. The molecule has 0 aliphatic carbocycles. The van der Waals surface area contributed by atoms with Gasteiger partial charge in [-0.3, -0.25) is 4.79 Å². The number of aryl methyl sites for hydroxylation is 1. The highest BCUT2D eigenvalue weighted by Gasteiger charge is 2.24. The molecule has 5 nitrogen and oxygen atoms in total. The number of benzene rings is 2. The van der Waals surface area contributed by atoms with Crippen LogP contribution >= 0.6 is 11.8 Å². The van der Waals surface area contributed by atoms with Crippen molar-refractivity contribution in [3.8, 4) is 0 Å². The molecule has 124 valence electrons. The van der Waals surface area contributed by atoms with Crippen LogP contribution in [0.15, 0.2) is 53.4 Å². The molecule has 2 amide bonds. The van der Waals surface area contributed by atoms with Gasteiger partial charge in [0, 0.05) is 4.90 Å². The molecule has 2 aromatic rings. The van der Waals surface area contributed by atoms with E-state index in [1.807, 2.05) is 55.5 Å². The van der Waals surface area contributed by atoms with E-state index in [0.717, 1.165) is 21.7 Å². The van der Waals surface area contributed by atoms with Crippen LogP contribution in [-0.4, -0.2) is 17.4 Å². The smallest absolute Gasteiger partial charge is 0.408 e. The molecule has 0 spiro atoms. The highest BCUT2D eigenvalue weighted by molar-refractivity contribution is 8.00. The fourth-order valence-corrected chi connectivity index (χ4v) is 3.57. The third-order valence-corrected chi connectivity index (χ3v) is 4.70. The zero-order chi connectivity index (χ0) is 16.9. The van der Waals surface area contributed by atoms with E-state index < -0.39 is 6.09 Å². The van der Waals surface area contributed by atoms with Crippen LogP contribution in [0.5, 0.6) is 0 Å². The number of alkyl carbamates (subject to hydrolysis) is 1. The minimum atomic E-state index is -0.528. The van der Waals surface area contributed by atoms with Crippen molar-refractivity contribution in [2.75, 3.05) is 5.32 Å². The first-order valence-electron chi connectivity index (χ1n) is 7.64. The molecule has 6 heteroatoms. The molecule has 3 rings (SSSR count). The number of rotatable bonds is 3. The largest absolute Gasteiger partial charge is 0.445 e. The average Bonchev–Trinajstić information content (AvgIpc) is 2.71. The molecule has 0 saturated carbocycles. The summed E-state index contributed by atoms with van der Waals surface area (Å²) in [6.07, 6.45) is -0.334. The quantitative estimate of drug-likeness (QED) is 0.893. The lowest BCUT2D eigenvalue weighted by Gasteiger charge is -2.15. The van der Waals surface area contributed by atoms with Gasteiger partial charge in [0.2, 0.25) is 5.91 Å². The predicted molar refractivity (Wildman–Crippen MR) is 93.8 cm³/mol. The Morgan fingerprint density at radius 2 is 2.08 bits per heavy atom. The molecule has 2 N–H and O–H groups in total. The lowest BCUT2D eigenvalue weighted by atomic mass is 10.2. The Morgan fingerprint density at radius 1 is 1.29 bits per heavy atom. The Hall–Kier alpha value is -2.47. The summed E-state index contributed by atoms with van der Waals surface area (Å²) in [5.41, 5.74) is 2.79. The molecule has 1 atom stereocenters. The van der Waals surface area contributed by atoms with Gasteiger partial charge in [0.15, 0.2) is 0 Å². The first kappa shape index (κ1) is 16.4. The topological polar surface area (TPSA) is 67.4 Å². The van der Waals surface area contributed by atoms with Gasteiger partial charge in [0.05, 0.1) is 17.5 Å². The molecule has 0 unspecified atom stereocenters. The van der Waals surface area contributed by atoms with E-state index in [1.54, 1.807) is 0 Å². The maximum atomic E-state index is 12.0. The number of hydrogen-bond donors (Lipinski definition) is 2. The lowest BCUT2D eigenvalue weighted by molar-refractivity contribution is -0.116. The van der Waals surface area contributed by atoms with Crippen LogP contribution in [0, 0.1) is 6.92 Å². The lowest BCUT2D eigenvalue weighted by Crippen LogP contribution is -2.34. The summed E-state index contributed by atoms with van der Waals surface area (Å²) in [6.45, 7) is 2.19. The molecule has 1 aliphatic heterocycles. The number of fused-ring (bicyclic) bond motifs is 1. The molecule has 0 bridgehead atoms. The van der Waals surface area contributed by atoms with Gasteiger partial charge in [-0.15, -0.1) is 0 Å². The molecular formula is C18H18N2O3S. The van der Waals surface area contributed by atoms with Gasteiger partial charge >= 0.3 is 6.09 Å². The Bertz CT molecular complexity index is 749. The van der Waals surface area contributed by atoms with E-state index in [4.69, 9.17) is 4.74 Å². The number of thioether (sulfide) groups is 1.